The van der Waals surface area contributed by atoms with Crippen molar-refractivity contribution in [1.82, 2.24) is 10.2 Å². The van der Waals surface area contributed by atoms with Gasteiger partial charge in [0.25, 0.3) is 5.91 Å². The average Bonchev–Trinajstić information content (AvgIpc) is 3.83. The van der Waals surface area contributed by atoms with E-state index < -0.39 is 19.8 Å². The molecule has 0 radical (unpaired) electrons. The molecule has 4 aliphatic rings. The lowest BCUT2D eigenvalue weighted by Crippen LogP contribution is -2.52. The van der Waals surface area contributed by atoms with Gasteiger partial charge in [-0.3, -0.25) is 14.4 Å². The van der Waals surface area contributed by atoms with Crippen molar-refractivity contribution in [3.63, 3.8) is 0 Å². The van der Waals surface area contributed by atoms with Gasteiger partial charge < -0.3 is 35.0 Å². The first kappa shape index (κ1) is 36.3. The van der Waals surface area contributed by atoms with E-state index in [1.54, 1.807) is 12.0 Å². The summed E-state index contributed by atoms with van der Waals surface area (Å²) in [5.41, 5.74) is 1.61. The Bertz CT molecular complexity index is 1780. The molecular formula is C41H52N4O6Si. The Balaban J connectivity index is 1.31. The Kier molecular flexibility index (Phi) is 10.3. The van der Waals surface area contributed by atoms with Gasteiger partial charge in [0.15, 0.2) is 5.60 Å². The highest BCUT2D eigenvalue weighted by atomic mass is 28.3. The minimum atomic E-state index is -2.49. The van der Waals surface area contributed by atoms with E-state index in [-0.39, 0.29) is 54.2 Å². The fourth-order valence-corrected chi connectivity index (χ4v) is 13.5. The first-order valence-corrected chi connectivity index (χ1v) is 21.9. The number of amides is 3. The number of aliphatic hydroxyl groups is 1. The van der Waals surface area contributed by atoms with Crippen molar-refractivity contribution in [1.29, 1.82) is 0 Å². The fraction of sp³-hybridized carbons (Fsp3) is 0.488. The number of nitrogens with one attached hydrogen (secondary N) is 2. The van der Waals surface area contributed by atoms with Gasteiger partial charge in [-0.25, -0.2) is 0 Å². The zero-order chi connectivity index (χ0) is 36.6. The normalized spacial score (nSPS) is 27.2. The maximum Gasteiger partial charge on any atom is 0.264 e. The average molecular weight is 725 g/mol. The highest BCUT2D eigenvalue weighted by Gasteiger charge is 2.66. The van der Waals surface area contributed by atoms with Crippen LogP contribution < -0.4 is 25.5 Å². The summed E-state index contributed by atoms with van der Waals surface area (Å²) < 4.78 is 12.7. The summed E-state index contributed by atoms with van der Waals surface area (Å²) in [5.74, 6) is 0.106. The molecule has 3 N–H and O–H groups in total. The molecule has 276 valence electrons. The van der Waals surface area contributed by atoms with E-state index in [0.29, 0.717) is 25.3 Å². The fourth-order valence-electron chi connectivity index (χ4n) is 9.48. The molecule has 52 heavy (non-hydrogen) atoms. The van der Waals surface area contributed by atoms with Gasteiger partial charge >= 0.3 is 0 Å². The summed E-state index contributed by atoms with van der Waals surface area (Å²) in [7, 11) is -0.837. The van der Waals surface area contributed by atoms with E-state index in [0.717, 1.165) is 54.8 Å². The van der Waals surface area contributed by atoms with Gasteiger partial charge in [-0.1, -0.05) is 67.7 Å². The minimum absolute atomic E-state index is 0.0366. The topological polar surface area (TPSA) is 120 Å². The minimum Gasteiger partial charge on any atom is -0.497 e. The lowest BCUT2D eigenvalue weighted by Gasteiger charge is -2.37. The number of nitrogens with zero attached hydrogens (tertiary/aromatic N) is 2. The molecule has 0 aliphatic carbocycles. The van der Waals surface area contributed by atoms with Crippen molar-refractivity contribution in [2.24, 2.45) is 11.8 Å². The van der Waals surface area contributed by atoms with Crippen molar-refractivity contribution >= 4 is 42.4 Å². The number of fused-ring (bicyclic) bond motifs is 2. The van der Waals surface area contributed by atoms with E-state index in [9.17, 15) is 14.7 Å². The predicted octanol–water partition coefficient (Wildman–Crippen LogP) is 4.77. The predicted molar refractivity (Wildman–Crippen MR) is 204 cm³/mol. The Morgan fingerprint density at radius 2 is 1.83 bits per heavy atom. The van der Waals surface area contributed by atoms with Crippen LogP contribution in [0.3, 0.4) is 0 Å². The largest absolute Gasteiger partial charge is 0.497 e. The van der Waals surface area contributed by atoms with Crippen molar-refractivity contribution in [2.45, 2.75) is 82.0 Å². The van der Waals surface area contributed by atoms with Crippen LogP contribution in [0.5, 0.6) is 5.75 Å². The van der Waals surface area contributed by atoms with Crippen LogP contribution in [0.15, 0.2) is 72.8 Å². The number of hydrogen-bond donors (Lipinski definition) is 3. The van der Waals surface area contributed by atoms with Gasteiger partial charge in [0, 0.05) is 30.3 Å². The number of anilines is 2. The first-order valence-electron chi connectivity index (χ1n) is 18.8. The molecule has 3 fully saturated rings. The monoisotopic (exact) mass is 724 g/mol. The summed E-state index contributed by atoms with van der Waals surface area (Å²) in [6, 6.07) is 23.7. The maximum atomic E-state index is 15.2. The summed E-state index contributed by atoms with van der Waals surface area (Å²) in [6.45, 7) is 9.18. The van der Waals surface area contributed by atoms with E-state index in [1.165, 1.54) is 5.19 Å². The molecule has 3 saturated heterocycles. The first-order chi connectivity index (χ1) is 25.1. The number of piperidine rings is 1. The molecular weight excluding hydrogens is 673 g/mol. The van der Waals surface area contributed by atoms with Crippen molar-refractivity contribution in [2.75, 3.05) is 43.6 Å². The maximum absolute atomic E-state index is 15.2. The van der Waals surface area contributed by atoms with Crippen molar-refractivity contribution < 1.29 is 29.0 Å². The van der Waals surface area contributed by atoms with Crippen LogP contribution in [0.2, 0.25) is 18.6 Å². The van der Waals surface area contributed by atoms with Gasteiger partial charge in [0.2, 0.25) is 11.8 Å². The zero-order valence-electron chi connectivity index (χ0n) is 30.8. The number of hydrogen-bond acceptors (Lipinski definition) is 7. The van der Waals surface area contributed by atoms with Crippen LogP contribution in [0.25, 0.3) is 0 Å². The molecule has 3 amide bonds. The number of ether oxygens (including phenoxy) is 2. The lowest BCUT2D eigenvalue weighted by molar-refractivity contribution is -0.150. The number of methoxy groups -OCH3 is 1. The van der Waals surface area contributed by atoms with Crippen molar-refractivity contribution in [3.8, 4) is 5.75 Å². The third-order valence-corrected chi connectivity index (χ3v) is 16.6. The van der Waals surface area contributed by atoms with Crippen LogP contribution in [0.1, 0.15) is 50.2 Å². The molecule has 3 aromatic rings. The van der Waals surface area contributed by atoms with Gasteiger partial charge in [0.05, 0.1) is 58.5 Å². The van der Waals surface area contributed by atoms with Gasteiger partial charge in [-0.15, -0.1) is 0 Å². The number of carbonyl (C=O) groups is 3. The Labute approximate surface area is 307 Å². The molecule has 7 rings (SSSR count). The molecule has 1 unspecified atom stereocenters. The molecule has 4 aliphatic heterocycles. The third-order valence-electron chi connectivity index (χ3n) is 12.2. The van der Waals surface area contributed by atoms with Gasteiger partial charge in [-0.05, 0) is 73.7 Å². The summed E-state index contributed by atoms with van der Waals surface area (Å²) in [5, 5.41) is 17.8. The van der Waals surface area contributed by atoms with Crippen molar-refractivity contribution in [3.05, 3.63) is 83.9 Å². The second-order valence-corrected chi connectivity index (χ2v) is 20.3. The lowest BCUT2D eigenvalue weighted by atomic mass is 9.82. The molecule has 0 aromatic heterocycles. The van der Waals surface area contributed by atoms with Gasteiger partial charge in [-0.2, -0.15) is 0 Å². The highest BCUT2D eigenvalue weighted by Crippen LogP contribution is 2.60. The Morgan fingerprint density at radius 3 is 2.52 bits per heavy atom. The summed E-state index contributed by atoms with van der Waals surface area (Å²) in [6.07, 6.45) is 2.97. The Morgan fingerprint density at radius 1 is 1.06 bits per heavy atom. The van der Waals surface area contributed by atoms with E-state index in [2.05, 4.69) is 42.8 Å². The molecule has 10 nitrogen and oxygen atoms in total. The standard InChI is InChI=1S/C41H52N4O6Si/c1-27-38(52(3,4)33-17-15-32(50-2)16-18-33)36(23-37(47)44-21-9-13-31(44)26-46)51-41(27)34-22-30(43-39(48)29-12-8-20-42-24-29)14-19-35(34)45(40(41)49)25-28-10-6-5-7-11-28/h5-7,10-11,14-19,22,27,29,31,36,38,42,46H,8-9,12-13,20-21,23-26H2,1-4H3,(H,43,48)/t27-,29?,31-,36+,38-,41+/m0/s1. The second-order valence-electron chi connectivity index (χ2n) is 15.6. The van der Waals surface area contributed by atoms with Crippen LogP contribution >= 0.6 is 0 Å². The molecule has 0 saturated carbocycles. The Hall–Kier alpha value is -4.03. The number of carbonyl (C=O) groups excluding carboxylic acids is 3. The SMILES string of the molecule is COc1ccc([Si](C)(C)[C@@H]2[C@@H](CC(=O)N3CCC[C@H]3CO)O[C@]3(C(=O)N(Cc4ccccc4)c4ccc(NC(=O)C5CCCNC5)cc43)[C@H]2C)cc1. The quantitative estimate of drug-likeness (QED) is 0.258. The van der Waals surface area contributed by atoms with Gasteiger partial charge in [0.1, 0.15) is 5.75 Å². The molecule has 11 heteroatoms. The van der Waals surface area contributed by atoms with E-state index in [4.69, 9.17) is 9.47 Å². The molecule has 6 atom stereocenters. The highest BCUT2D eigenvalue weighted by molar-refractivity contribution is 6.91. The van der Waals surface area contributed by atoms with E-state index in [1.807, 2.05) is 65.6 Å². The number of aliphatic hydroxyl groups excluding tert-OH is 1. The smallest absolute Gasteiger partial charge is 0.264 e. The second kappa shape index (κ2) is 14.8. The third kappa shape index (κ3) is 6.46. The molecule has 0 bridgehead atoms. The van der Waals surface area contributed by atoms with Crippen LogP contribution in [0.4, 0.5) is 11.4 Å². The number of rotatable bonds is 10. The number of benzene rings is 3. The summed E-state index contributed by atoms with van der Waals surface area (Å²) in [4.78, 5) is 46.4. The van der Waals surface area contributed by atoms with Crippen LogP contribution in [-0.4, -0.2) is 81.3 Å². The molecule has 1 spiro atoms. The zero-order valence-corrected chi connectivity index (χ0v) is 31.8. The van der Waals surface area contributed by atoms with Crippen LogP contribution in [0, 0.1) is 11.8 Å². The van der Waals surface area contributed by atoms with E-state index >= 15 is 4.79 Å². The molecule has 4 heterocycles. The number of likely N-dealkylation sites (tertiary alicyclic amines) is 1. The summed E-state index contributed by atoms with van der Waals surface area (Å²) >= 11 is 0. The molecule has 3 aromatic carbocycles. The van der Waals surface area contributed by atoms with Crippen LogP contribution in [-0.2, 0) is 31.3 Å².